The second-order valence-electron chi connectivity index (χ2n) is 2.45. The van der Waals surface area contributed by atoms with E-state index in [0.717, 1.165) is 5.01 Å². The van der Waals surface area contributed by atoms with Crippen molar-refractivity contribution in [1.82, 2.24) is 20.2 Å². The molecule has 6 nitrogen and oxygen atoms in total. The molecule has 74 valence electrons. The first kappa shape index (κ1) is 8.95. The quantitative estimate of drug-likeness (QED) is 0.785. The highest BCUT2D eigenvalue weighted by atomic mass is 32.1. The van der Waals surface area contributed by atoms with Crippen molar-refractivity contribution in [2.24, 2.45) is 0 Å². The van der Waals surface area contributed by atoms with E-state index in [2.05, 4.69) is 25.5 Å². The number of anilines is 1. The first-order chi connectivity index (χ1) is 6.88. The fraction of sp³-hybridized carbons (Fsp3) is 0.286. The lowest BCUT2D eigenvalue weighted by Gasteiger charge is -1.96. The van der Waals surface area contributed by atoms with Gasteiger partial charge in [-0.1, -0.05) is 0 Å². The summed E-state index contributed by atoms with van der Waals surface area (Å²) in [6.45, 7) is 0.635. The van der Waals surface area contributed by atoms with Gasteiger partial charge in [0.2, 0.25) is 5.95 Å². The van der Waals surface area contributed by atoms with Crippen LogP contribution in [0, 0.1) is 0 Å². The lowest BCUT2D eigenvalue weighted by atomic mass is 10.6. The van der Waals surface area contributed by atoms with Crippen LogP contribution in [-0.4, -0.2) is 27.3 Å². The van der Waals surface area contributed by atoms with E-state index in [-0.39, 0.29) is 0 Å². The van der Waals surface area contributed by atoms with Gasteiger partial charge in [0.1, 0.15) is 5.01 Å². The minimum absolute atomic E-state index is 0.326. The second-order valence-corrected chi connectivity index (χ2v) is 3.43. The maximum absolute atomic E-state index is 4.83. The summed E-state index contributed by atoms with van der Waals surface area (Å²) >= 11 is 1.59. The summed E-state index contributed by atoms with van der Waals surface area (Å²) in [4.78, 5) is 8.13. The average Bonchev–Trinajstić information content (AvgIpc) is 2.86. The van der Waals surface area contributed by atoms with Crippen LogP contribution in [0.1, 0.15) is 5.01 Å². The third kappa shape index (κ3) is 1.99. The van der Waals surface area contributed by atoms with Crippen molar-refractivity contribution in [2.45, 2.75) is 6.54 Å². The van der Waals surface area contributed by atoms with E-state index in [1.54, 1.807) is 17.5 Å². The summed E-state index contributed by atoms with van der Waals surface area (Å²) in [5, 5.41) is 12.5. The number of hydrogen-bond acceptors (Lipinski definition) is 6. The summed E-state index contributed by atoms with van der Waals surface area (Å²) in [5.41, 5.74) is 0. The zero-order valence-electron chi connectivity index (χ0n) is 7.52. The fourth-order valence-electron chi connectivity index (χ4n) is 0.916. The molecule has 14 heavy (non-hydrogen) atoms. The van der Waals surface area contributed by atoms with Gasteiger partial charge in [-0.25, -0.2) is 10.1 Å². The highest BCUT2D eigenvalue weighted by Crippen LogP contribution is 2.08. The van der Waals surface area contributed by atoms with Crippen LogP contribution < -0.4 is 10.1 Å². The molecule has 0 spiro atoms. The van der Waals surface area contributed by atoms with Crippen molar-refractivity contribution in [2.75, 3.05) is 12.4 Å². The van der Waals surface area contributed by atoms with Crippen LogP contribution >= 0.6 is 11.3 Å². The van der Waals surface area contributed by atoms with Gasteiger partial charge < -0.3 is 10.1 Å². The van der Waals surface area contributed by atoms with E-state index < -0.39 is 0 Å². The highest BCUT2D eigenvalue weighted by molar-refractivity contribution is 7.09. The first-order valence-corrected chi connectivity index (χ1v) is 4.85. The number of hydrogen-bond donors (Lipinski definition) is 2. The Bertz CT molecular complexity index is 384. The molecule has 0 unspecified atom stereocenters. The van der Waals surface area contributed by atoms with Gasteiger partial charge in [0.15, 0.2) is 0 Å². The summed E-state index contributed by atoms with van der Waals surface area (Å²) in [7, 11) is 1.52. The number of aromatic nitrogens is 4. The molecule has 0 aliphatic heterocycles. The minimum atomic E-state index is 0.326. The molecule has 0 amide bonds. The Labute approximate surface area is 84.4 Å². The Morgan fingerprint density at radius 1 is 1.64 bits per heavy atom. The smallest absolute Gasteiger partial charge is 0.336 e. The molecule has 0 atom stereocenters. The van der Waals surface area contributed by atoms with Crippen LogP contribution in [0.15, 0.2) is 11.6 Å². The lowest BCUT2D eigenvalue weighted by molar-refractivity contribution is 0.382. The molecule has 0 aliphatic rings. The predicted molar refractivity (Wildman–Crippen MR) is 52.4 cm³/mol. The summed E-state index contributed by atoms with van der Waals surface area (Å²) in [5.74, 6) is 0.581. The van der Waals surface area contributed by atoms with Gasteiger partial charge in [0, 0.05) is 11.6 Å². The number of nitrogens with zero attached hydrogens (tertiary/aromatic N) is 3. The van der Waals surface area contributed by atoms with Crippen molar-refractivity contribution >= 4 is 17.3 Å². The monoisotopic (exact) mass is 211 g/mol. The molecule has 0 aliphatic carbocycles. The largest absolute Gasteiger partial charge is 0.466 e. The maximum Gasteiger partial charge on any atom is 0.336 e. The fourth-order valence-corrected chi connectivity index (χ4v) is 1.47. The molecule has 0 bridgehead atoms. The maximum atomic E-state index is 4.83. The van der Waals surface area contributed by atoms with Crippen LogP contribution in [0.4, 0.5) is 5.95 Å². The molecule has 2 aromatic heterocycles. The molecule has 2 heterocycles. The molecule has 0 aromatic carbocycles. The Kier molecular flexibility index (Phi) is 2.59. The van der Waals surface area contributed by atoms with Gasteiger partial charge in [-0.2, -0.15) is 4.98 Å². The number of ether oxygens (including phenoxy) is 1. The number of H-pyrrole nitrogens is 1. The van der Waals surface area contributed by atoms with Crippen LogP contribution in [0.3, 0.4) is 0 Å². The van der Waals surface area contributed by atoms with Gasteiger partial charge in [-0.05, 0) is 0 Å². The standard InChI is InChI=1S/C7H9N5OS/c1-13-7-10-6(11-12-7)9-4-5-8-2-3-14-5/h2-3H,4H2,1H3,(H2,9,10,11,12). The molecule has 0 saturated carbocycles. The minimum Gasteiger partial charge on any atom is -0.466 e. The van der Waals surface area contributed by atoms with E-state index in [1.165, 1.54) is 7.11 Å². The third-order valence-electron chi connectivity index (χ3n) is 1.54. The Morgan fingerprint density at radius 2 is 2.57 bits per heavy atom. The third-order valence-corrected chi connectivity index (χ3v) is 2.32. The molecular formula is C7H9N5OS. The number of nitrogens with one attached hydrogen (secondary N) is 2. The number of aromatic amines is 1. The molecule has 2 rings (SSSR count). The molecule has 0 radical (unpaired) electrons. The first-order valence-electron chi connectivity index (χ1n) is 3.97. The molecule has 2 N–H and O–H groups in total. The highest BCUT2D eigenvalue weighted by Gasteiger charge is 2.02. The van der Waals surface area contributed by atoms with E-state index in [9.17, 15) is 0 Å². The number of methoxy groups -OCH3 is 1. The topological polar surface area (TPSA) is 75.7 Å². The summed E-state index contributed by atoms with van der Waals surface area (Å²) in [6, 6.07) is 0.326. The van der Waals surface area contributed by atoms with Crippen LogP contribution in [0.5, 0.6) is 6.01 Å². The SMILES string of the molecule is COc1n[nH]c(NCc2nccs2)n1. The van der Waals surface area contributed by atoms with Crippen LogP contribution in [0.25, 0.3) is 0 Å². The van der Waals surface area contributed by atoms with E-state index in [1.807, 2.05) is 5.38 Å². The Balaban J connectivity index is 1.92. The molecular weight excluding hydrogens is 202 g/mol. The van der Waals surface area contributed by atoms with Crippen molar-refractivity contribution in [3.8, 4) is 6.01 Å². The number of rotatable bonds is 4. The van der Waals surface area contributed by atoms with E-state index in [0.29, 0.717) is 18.5 Å². The van der Waals surface area contributed by atoms with Gasteiger partial charge in [-0.3, -0.25) is 0 Å². The molecule has 0 fully saturated rings. The van der Waals surface area contributed by atoms with Crippen LogP contribution in [0.2, 0.25) is 0 Å². The normalized spacial score (nSPS) is 10.1. The van der Waals surface area contributed by atoms with Gasteiger partial charge >= 0.3 is 6.01 Å². The Morgan fingerprint density at radius 3 is 3.21 bits per heavy atom. The zero-order valence-corrected chi connectivity index (χ0v) is 8.34. The van der Waals surface area contributed by atoms with Gasteiger partial charge in [0.25, 0.3) is 0 Å². The number of thiazole rings is 1. The zero-order chi connectivity index (χ0) is 9.80. The van der Waals surface area contributed by atoms with Crippen molar-refractivity contribution in [1.29, 1.82) is 0 Å². The molecule has 7 heteroatoms. The van der Waals surface area contributed by atoms with Crippen molar-refractivity contribution in [3.05, 3.63) is 16.6 Å². The summed E-state index contributed by atoms with van der Waals surface area (Å²) in [6.07, 6.45) is 1.77. The average molecular weight is 211 g/mol. The van der Waals surface area contributed by atoms with Crippen molar-refractivity contribution in [3.63, 3.8) is 0 Å². The predicted octanol–water partition coefficient (Wildman–Crippen LogP) is 0.882. The van der Waals surface area contributed by atoms with Crippen LogP contribution in [-0.2, 0) is 6.54 Å². The Hall–Kier alpha value is -1.63. The van der Waals surface area contributed by atoms with E-state index in [4.69, 9.17) is 4.74 Å². The molecule has 2 aromatic rings. The molecule has 0 saturated heterocycles. The second kappa shape index (κ2) is 4.05. The van der Waals surface area contributed by atoms with Crippen molar-refractivity contribution < 1.29 is 4.74 Å². The van der Waals surface area contributed by atoms with E-state index >= 15 is 0 Å². The van der Waals surface area contributed by atoms with Gasteiger partial charge in [0.05, 0.1) is 13.7 Å². The lowest BCUT2D eigenvalue weighted by Crippen LogP contribution is -2.00. The van der Waals surface area contributed by atoms with Gasteiger partial charge in [-0.15, -0.1) is 16.4 Å². The summed E-state index contributed by atoms with van der Waals surface area (Å²) < 4.78 is 4.83.